The Kier molecular flexibility index (Phi) is 5.59. The molecule has 0 spiro atoms. The van der Waals surface area contributed by atoms with Crippen LogP contribution >= 0.6 is 8.69 Å². The topological polar surface area (TPSA) is 55.4 Å². The quantitative estimate of drug-likeness (QED) is 0.598. The molecular weight excluding hydrogens is 213 g/mol. The number of amides is 1. The lowest BCUT2D eigenvalue weighted by Gasteiger charge is -2.03. The minimum Gasteiger partial charge on any atom is -0.326 e. The van der Waals surface area contributed by atoms with Crippen LogP contribution in [0.4, 0.5) is 5.69 Å². The summed E-state index contributed by atoms with van der Waals surface area (Å²) in [6.07, 6.45) is 0.929. The molecule has 1 aromatic carbocycles. The van der Waals surface area contributed by atoms with Crippen LogP contribution in [-0.4, -0.2) is 12.5 Å². The average molecular weight is 225 g/mol. The molecule has 15 heavy (non-hydrogen) atoms. The van der Waals surface area contributed by atoms with Crippen molar-refractivity contribution in [1.82, 2.24) is 0 Å². The Morgan fingerprint density at radius 3 is 2.73 bits per heavy atom. The highest BCUT2D eigenvalue weighted by Gasteiger charge is 2.01. The van der Waals surface area contributed by atoms with Crippen molar-refractivity contribution in [2.24, 2.45) is 0 Å². The molecule has 80 valence electrons. The van der Waals surface area contributed by atoms with Crippen molar-refractivity contribution < 1.29 is 13.9 Å². The van der Waals surface area contributed by atoms with E-state index in [1.165, 1.54) is 0 Å². The molecule has 0 aromatic heterocycles. The molecule has 0 saturated heterocycles. The molecule has 0 aliphatic rings. The predicted octanol–water partition coefficient (Wildman–Crippen LogP) is 2.63. The molecule has 5 heteroatoms. The van der Waals surface area contributed by atoms with Gasteiger partial charge in [-0.15, -0.1) is 0 Å². The Hall–Kier alpha value is -1.25. The van der Waals surface area contributed by atoms with E-state index in [-0.39, 0.29) is 14.6 Å². The lowest BCUT2D eigenvalue weighted by Crippen LogP contribution is -2.11. The first-order valence-electron chi connectivity index (χ1n) is 4.62. The van der Waals surface area contributed by atoms with Crippen molar-refractivity contribution in [3.05, 3.63) is 30.3 Å². The summed E-state index contributed by atoms with van der Waals surface area (Å²) in [7, 11) is -0.336. The van der Waals surface area contributed by atoms with Gasteiger partial charge in [-0.1, -0.05) is 18.2 Å². The van der Waals surface area contributed by atoms with Gasteiger partial charge in [0.15, 0.2) is 0 Å². The molecular formula is C10H12NO3P. The Bertz CT molecular complexity index is 316. The molecule has 0 aliphatic heterocycles. The number of nitrogens with one attached hydrogen (secondary N) is 1. The lowest BCUT2D eigenvalue weighted by molar-refractivity contribution is -0.116. The van der Waals surface area contributed by atoms with Gasteiger partial charge in [0.25, 0.3) is 0 Å². The van der Waals surface area contributed by atoms with Crippen molar-refractivity contribution in [3.63, 3.8) is 0 Å². The summed E-state index contributed by atoms with van der Waals surface area (Å²) in [6, 6.07) is 9.25. The maximum absolute atomic E-state index is 11.3. The maximum atomic E-state index is 11.3. The highest BCUT2D eigenvalue weighted by molar-refractivity contribution is 7.17. The summed E-state index contributed by atoms with van der Waals surface area (Å²) in [5.74, 6) is -0.0626. The molecule has 0 saturated carbocycles. The molecule has 1 N–H and O–H groups in total. The van der Waals surface area contributed by atoms with Gasteiger partial charge in [0.1, 0.15) is 0 Å². The number of para-hydroxylation sites is 1. The third-order valence-electron chi connectivity index (χ3n) is 1.75. The largest absolute Gasteiger partial charge is 0.327 e. The van der Waals surface area contributed by atoms with Crippen molar-refractivity contribution >= 4 is 20.3 Å². The molecule has 1 amide bonds. The van der Waals surface area contributed by atoms with Gasteiger partial charge >= 0.3 is 8.69 Å². The summed E-state index contributed by atoms with van der Waals surface area (Å²) in [4.78, 5) is 11.3. The smallest absolute Gasteiger partial charge is 0.326 e. The van der Waals surface area contributed by atoms with E-state index in [0.717, 1.165) is 5.69 Å². The summed E-state index contributed by atoms with van der Waals surface area (Å²) in [5.41, 5.74) is 0.783. The minimum atomic E-state index is -0.336. The standard InChI is InChI=1S/C10H12NO3P/c12-10(7-4-8-14-15-13)11-9-5-2-1-3-6-9/h1-3,5-6H,4,7-8H2,(H,11,12). The van der Waals surface area contributed by atoms with Gasteiger partial charge in [-0.3, -0.25) is 9.32 Å². The van der Waals surface area contributed by atoms with E-state index in [4.69, 9.17) is 0 Å². The monoisotopic (exact) mass is 225 g/mol. The van der Waals surface area contributed by atoms with Crippen LogP contribution < -0.4 is 5.32 Å². The maximum Gasteiger partial charge on any atom is 0.327 e. The van der Waals surface area contributed by atoms with Gasteiger partial charge in [-0.05, 0) is 18.6 Å². The fourth-order valence-corrected chi connectivity index (χ4v) is 1.28. The molecule has 0 fully saturated rings. The van der Waals surface area contributed by atoms with Crippen molar-refractivity contribution in [2.75, 3.05) is 11.9 Å². The average Bonchev–Trinajstić information content (AvgIpc) is 2.26. The second-order valence-corrected chi connectivity index (χ2v) is 3.33. The molecule has 1 aromatic rings. The van der Waals surface area contributed by atoms with E-state index in [2.05, 4.69) is 9.84 Å². The molecule has 1 rings (SSSR count). The Balaban J connectivity index is 2.22. The fraction of sp³-hybridized carbons (Fsp3) is 0.300. The number of carbonyl (C=O) groups is 1. The Morgan fingerprint density at radius 1 is 1.33 bits per heavy atom. The number of hydrogen-bond acceptors (Lipinski definition) is 3. The van der Waals surface area contributed by atoms with Crippen LogP contribution in [0.25, 0.3) is 0 Å². The number of hydrogen-bond donors (Lipinski definition) is 1. The van der Waals surface area contributed by atoms with Gasteiger partial charge in [-0.25, -0.2) is 4.57 Å². The number of rotatable bonds is 6. The molecule has 0 heterocycles. The second-order valence-electron chi connectivity index (χ2n) is 2.93. The van der Waals surface area contributed by atoms with E-state index < -0.39 is 0 Å². The molecule has 4 nitrogen and oxygen atoms in total. The lowest BCUT2D eigenvalue weighted by atomic mass is 10.3. The Morgan fingerprint density at radius 2 is 2.07 bits per heavy atom. The third kappa shape index (κ3) is 5.25. The van der Waals surface area contributed by atoms with E-state index in [9.17, 15) is 9.36 Å². The van der Waals surface area contributed by atoms with E-state index in [0.29, 0.717) is 19.4 Å². The van der Waals surface area contributed by atoms with E-state index in [1.807, 2.05) is 30.3 Å². The molecule has 0 radical (unpaired) electrons. The first kappa shape index (κ1) is 11.8. The van der Waals surface area contributed by atoms with Gasteiger partial charge in [0, 0.05) is 12.1 Å². The minimum absolute atomic E-state index is 0.0626. The van der Waals surface area contributed by atoms with Crippen molar-refractivity contribution in [2.45, 2.75) is 12.8 Å². The zero-order chi connectivity index (χ0) is 10.9. The summed E-state index contributed by atoms with van der Waals surface area (Å²) < 4.78 is 14.5. The van der Waals surface area contributed by atoms with Crippen LogP contribution in [0.1, 0.15) is 12.8 Å². The van der Waals surface area contributed by atoms with E-state index >= 15 is 0 Å². The van der Waals surface area contributed by atoms with Crippen molar-refractivity contribution in [1.29, 1.82) is 0 Å². The fourth-order valence-electron chi connectivity index (χ4n) is 1.08. The van der Waals surface area contributed by atoms with Gasteiger partial charge in [0.2, 0.25) is 5.91 Å². The second kappa shape index (κ2) is 7.10. The molecule has 0 unspecified atom stereocenters. The highest BCUT2D eigenvalue weighted by Crippen LogP contribution is 2.06. The molecule has 0 aliphatic carbocycles. The normalized spacial score (nSPS) is 10.1. The first-order chi connectivity index (χ1) is 7.33. The first-order valence-corrected chi connectivity index (χ1v) is 5.35. The van der Waals surface area contributed by atoms with Crippen LogP contribution in [0, 0.1) is 0 Å². The van der Waals surface area contributed by atoms with Crippen LogP contribution in [0.15, 0.2) is 30.3 Å². The summed E-state index contributed by atoms with van der Waals surface area (Å²) in [6.45, 7) is 0.327. The van der Waals surface area contributed by atoms with Crippen LogP contribution in [0.2, 0.25) is 0 Å². The van der Waals surface area contributed by atoms with Gasteiger partial charge < -0.3 is 5.32 Å². The summed E-state index contributed by atoms with van der Waals surface area (Å²) >= 11 is 0. The summed E-state index contributed by atoms with van der Waals surface area (Å²) in [5, 5.41) is 2.74. The number of anilines is 1. The number of carbonyl (C=O) groups excluding carboxylic acids is 1. The van der Waals surface area contributed by atoms with Gasteiger partial charge in [-0.2, -0.15) is 0 Å². The van der Waals surface area contributed by atoms with E-state index in [1.54, 1.807) is 0 Å². The van der Waals surface area contributed by atoms with Gasteiger partial charge in [0.05, 0.1) is 6.61 Å². The zero-order valence-electron chi connectivity index (χ0n) is 8.18. The van der Waals surface area contributed by atoms with Crippen LogP contribution in [0.5, 0.6) is 0 Å². The molecule has 0 bridgehead atoms. The SMILES string of the molecule is O=POCCCC(=O)Nc1ccccc1. The predicted molar refractivity (Wildman–Crippen MR) is 57.9 cm³/mol. The third-order valence-corrected chi connectivity index (χ3v) is 2.04. The van der Waals surface area contributed by atoms with Crippen LogP contribution in [0.3, 0.4) is 0 Å². The zero-order valence-corrected chi connectivity index (χ0v) is 9.07. The van der Waals surface area contributed by atoms with Crippen molar-refractivity contribution in [3.8, 4) is 0 Å². The van der Waals surface area contributed by atoms with Crippen LogP contribution in [-0.2, 0) is 13.9 Å². The molecule has 0 atom stereocenters. The Labute approximate surface area is 89.9 Å². The number of benzene rings is 1. The highest BCUT2D eigenvalue weighted by atomic mass is 31.1.